The summed E-state index contributed by atoms with van der Waals surface area (Å²) in [5, 5.41) is 5.35. The molecule has 23 heavy (non-hydrogen) atoms. The lowest BCUT2D eigenvalue weighted by molar-refractivity contribution is -0.123. The van der Waals surface area contributed by atoms with Gasteiger partial charge >= 0.3 is 0 Å². The second-order valence-electron chi connectivity index (χ2n) is 4.74. The number of amides is 2. The van der Waals surface area contributed by atoms with Crippen LogP contribution in [0.2, 0.25) is 0 Å². The number of carbonyl (C=O) groups is 2. The summed E-state index contributed by atoms with van der Waals surface area (Å²) in [6.07, 6.45) is -0.250. The summed E-state index contributed by atoms with van der Waals surface area (Å²) in [4.78, 5) is 23.7. The zero-order chi connectivity index (χ0) is 16.7. The molecule has 120 valence electrons. The van der Waals surface area contributed by atoms with Gasteiger partial charge in [-0.15, -0.1) is 0 Å². The fraction of sp³-hybridized carbons (Fsp3) is 0.176. The molecule has 0 aromatic heterocycles. The van der Waals surface area contributed by atoms with Gasteiger partial charge < -0.3 is 15.4 Å². The topological polar surface area (TPSA) is 67.4 Å². The molecule has 0 saturated heterocycles. The minimum atomic E-state index is -0.373. The van der Waals surface area contributed by atoms with E-state index in [9.17, 15) is 9.59 Å². The zero-order valence-corrected chi connectivity index (χ0v) is 14.2. The molecular weight excluding hydrogens is 360 g/mol. The smallest absolute Gasteiger partial charge is 0.233 e. The second-order valence-corrected chi connectivity index (χ2v) is 5.66. The Morgan fingerprint density at radius 3 is 2.26 bits per heavy atom. The molecule has 2 rings (SSSR count). The van der Waals surface area contributed by atoms with Gasteiger partial charge in [0.25, 0.3) is 0 Å². The molecular formula is C17H17BrN2O3. The van der Waals surface area contributed by atoms with Gasteiger partial charge in [-0.2, -0.15) is 0 Å². The van der Waals surface area contributed by atoms with Crippen LogP contribution in [0, 0.1) is 0 Å². The standard InChI is InChI=1S/C17H17BrN2O3/c1-2-23-15-8-6-13(7-9-15)19-16(21)11-17(22)20-14-5-3-4-12(18)10-14/h3-10H,2,11H2,1H3,(H,19,21)(H,20,22). The van der Waals surface area contributed by atoms with Gasteiger partial charge in [0, 0.05) is 15.8 Å². The Hall–Kier alpha value is -2.34. The lowest BCUT2D eigenvalue weighted by Gasteiger charge is -2.08. The zero-order valence-electron chi connectivity index (χ0n) is 12.6. The molecule has 0 unspecified atom stereocenters. The number of carbonyl (C=O) groups excluding carboxylic acids is 2. The monoisotopic (exact) mass is 376 g/mol. The van der Waals surface area contributed by atoms with Gasteiger partial charge in [0.1, 0.15) is 12.2 Å². The van der Waals surface area contributed by atoms with Gasteiger partial charge in [-0.05, 0) is 49.4 Å². The number of nitrogens with one attached hydrogen (secondary N) is 2. The van der Waals surface area contributed by atoms with E-state index < -0.39 is 0 Å². The first-order chi connectivity index (χ1) is 11.1. The van der Waals surface area contributed by atoms with Crippen LogP contribution in [0.3, 0.4) is 0 Å². The van der Waals surface area contributed by atoms with Crippen molar-refractivity contribution in [1.29, 1.82) is 0 Å². The van der Waals surface area contributed by atoms with E-state index in [1.807, 2.05) is 13.0 Å². The molecule has 0 aliphatic heterocycles. The molecule has 0 heterocycles. The molecule has 5 nitrogen and oxygen atoms in total. The number of ether oxygens (including phenoxy) is 1. The van der Waals surface area contributed by atoms with E-state index in [4.69, 9.17) is 4.74 Å². The third-order valence-electron chi connectivity index (χ3n) is 2.88. The maximum Gasteiger partial charge on any atom is 0.233 e. The number of benzene rings is 2. The SMILES string of the molecule is CCOc1ccc(NC(=O)CC(=O)Nc2cccc(Br)c2)cc1. The Bertz CT molecular complexity index is 686. The molecule has 0 saturated carbocycles. The van der Waals surface area contributed by atoms with Crippen LogP contribution in [-0.2, 0) is 9.59 Å². The first-order valence-electron chi connectivity index (χ1n) is 7.15. The molecule has 0 atom stereocenters. The summed E-state index contributed by atoms with van der Waals surface area (Å²) < 4.78 is 6.18. The molecule has 2 aromatic carbocycles. The molecule has 0 bridgehead atoms. The fourth-order valence-electron chi connectivity index (χ4n) is 1.92. The molecule has 0 fully saturated rings. The lowest BCUT2D eigenvalue weighted by Crippen LogP contribution is -2.21. The summed E-state index contributed by atoms with van der Waals surface area (Å²) >= 11 is 3.32. The van der Waals surface area contributed by atoms with E-state index in [0.29, 0.717) is 18.0 Å². The third kappa shape index (κ3) is 5.75. The van der Waals surface area contributed by atoms with Crippen LogP contribution in [0.1, 0.15) is 13.3 Å². The van der Waals surface area contributed by atoms with Crippen LogP contribution >= 0.6 is 15.9 Å². The maximum absolute atomic E-state index is 11.9. The van der Waals surface area contributed by atoms with Crippen LogP contribution in [0.4, 0.5) is 11.4 Å². The molecule has 0 aliphatic rings. The van der Waals surface area contributed by atoms with Gasteiger partial charge in [-0.1, -0.05) is 22.0 Å². The van der Waals surface area contributed by atoms with Crippen molar-refractivity contribution in [3.8, 4) is 5.75 Å². The van der Waals surface area contributed by atoms with Crippen molar-refractivity contribution >= 4 is 39.1 Å². The van der Waals surface area contributed by atoms with Crippen molar-refractivity contribution in [2.24, 2.45) is 0 Å². The largest absolute Gasteiger partial charge is 0.494 e. The molecule has 2 amide bonds. The van der Waals surface area contributed by atoms with Gasteiger partial charge in [0.2, 0.25) is 11.8 Å². The summed E-state index contributed by atoms with van der Waals surface area (Å²) in [5.74, 6) is -0.00825. The van der Waals surface area contributed by atoms with Gasteiger partial charge in [0.05, 0.1) is 6.61 Å². The van der Waals surface area contributed by atoms with Crippen molar-refractivity contribution in [1.82, 2.24) is 0 Å². The van der Waals surface area contributed by atoms with E-state index in [-0.39, 0.29) is 18.2 Å². The minimum Gasteiger partial charge on any atom is -0.494 e. The van der Waals surface area contributed by atoms with Gasteiger partial charge in [-0.25, -0.2) is 0 Å². The van der Waals surface area contributed by atoms with E-state index in [2.05, 4.69) is 26.6 Å². The van der Waals surface area contributed by atoms with Crippen LogP contribution in [0.5, 0.6) is 5.75 Å². The van der Waals surface area contributed by atoms with Crippen LogP contribution in [0.15, 0.2) is 53.0 Å². The van der Waals surface area contributed by atoms with Crippen molar-refractivity contribution < 1.29 is 14.3 Å². The van der Waals surface area contributed by atoms with Crippen LogP contribution < -0.4 is 15.4 Å². The van der Waals surface area contributed by atoms with Gasteiger partial charge in [0.15, 0.2) is 0 Å². The normalized spacial score (nSPS) is 10.0. The Morgan fingerprint density at radius 2 is 1.65 bits per heavy atom. The Balaban J connectivity index is 1.85. The van der Waals surface area contributed by atoms with Crippen molar-refractivity contribution in [2.45, 2.75) is 13.3 Å². The highest BCUT2D eigenvalue weighted by atomic mass is 79.9. The highest BCUT2D eigenvalue weighted by Gasteiger charge is 2.10. The summed E-state index contributed by atoms with van der Waals surface area (Å²) in [7, 11) is 0. The van der Waals surface area contributed by atoms with Gasteiger partial charge in [-0.3, -0.25) is 9.59 Å². The van der Waals surface area contributed by atoms with Crippen LogP contribution in [-0.4, -0.2) is 18.4 Å². The average molecular weight is 377 g/mol. The van der Waals surface area contributed by atoms with E-state index in [1.165, 1.54) is 0 Å². The number of anilines is 2. The number of halogens is 1. The Labute approximate surface area is 143 Å². The maximum atomic E-state index is 11.9. The first-order valence-corrected chi connectivity index (χ1v) is 7.94. The Morgan fingerprint density at radius 1 is 1.00 bits per heavy atom. The molecule has 2 N–H and O–H groups in total. The average Bonchev–Trinajstić information content (AvgIpc) is 2.49. The fourth-order valence-corrected chi connectivity index (χ4v) is 2.32. The summed E-state index contributed by atoms with van der Waals surface area (Å²) in [6.45, 7) is 2.49. The molecule has 0 spiro atoms. The molecule has 0 aliphatic carbocycles. The predicted molar refractivity (Wildman–Crippen MR) is 93.6 cm³/mol. The Kier molecular flexibility index (Phi) is 6.17. The van der Waals surface area contributed by atoms with Crippen LogP contribution in [0.25, 0.3) is 0 Å². The first kappa shape index (κ1) is 17.0. The molecule has 0 radical (unpaired) electrons. The van der Waals surface area contributed by atoms with Crippen molar-refractivity contribution in [3.05, 3.63) is 53.0 Å². The number of rotatable bonds is 6. The van der Waals surface area contributed by atoms with Crippen molar-refractivity contribution in [3.63, 3.8) is 0 Å². The third-order valence-corrected chi connectivity index (χ3v) is 3.37. The number of hydrogen-bond acceptors (Lipinski definition) is 3. The summed E-state index contributed by atoms with van der Waals surface area (Å²) in [5.41, 5.74) is 1.26. The molecule has 2 aromatic rings. The quantitative estimate of drug-likeness (QED) is 0.753. The second kappa shape index (κ2) is 8.33. The number of hydrogen-bond donors (Lipinski definition) is 2. The van der Waals surface area contributed by atoms with E-state index in [1.54, 1.807) is 42.5 Å². The minimum absolute atomic E-state index is 0.250. The summed E-state index contributed by atoms with van der Waals surface area (Å²) in [6, 6.07) is 14.2. The van der Waals surface area contributed by atoms with E-state index >= 15 is 0 Å². The van der Waals surface area contributed by atoms with E-state index in [0.717, 1.165) is 10.2 Å². The van der Waals surface area contributed by atoms with Crippen molar-refractivity contribution in [2.75, 3.05) is 17.2 Å². The molecule has 6 heteroatoms. The highest BCUT2D eigenvalue weighted by molar-refractivity contribution is 9.10. The lowest BCUT2D eigenvalue weighted by atomic mass is 10.2. The predicted octanol–water partition coefficient (Wildman–Crippen LogP) is 3.82. The highest BCUT2D eigenvalue weighted by Crippen LogP contribution is 2.17.